The van der Waals surface area contributed by atoms with Crippen LogP contribution in [-0.2, 0) is 4.74 Å². The molecule has 0 saturated heterocycles. The van der Waals surface area contributed by atoms with Gasteiger partial charge in [0.1, 0.15) is 5.01 Å². The Morgan fingerprint density at radius 3 is 2.56 bits per heavy atom. The topological polar surface area (TPSA) is 71.5 Å². The fraction of sp³-hybridized carbons (Fsp3) is 0.346. The van der Waals surface area contributed by atoms with Gasteiger partial charge in [0.05, 0.1) is 34.2 Å². The minimum absolute atomic E-state index is 0.0602. The largest absolute Gasteiger partial charge is 0.465 e. The first kappa shape index (κ1) is 23.1. The molecule has 3 aromatic rings. The summed E-state index contributed by atoms with van der Waals surface area (Å²) in [6, 6.07) is 15.3. The molecular weight excluding hydrogens is 466 g/mol. The molecule has 1 amide bonds. The molecule has 34 heavy (non-hydrogen) atoms. The van der Waals surface area contributed by atoms with Gasteiger partial charge in [0.2, 0.25) is 0 Å². The van der Waals surface area contributed by atoms with Crippen molar-refractivity contribution >= 4 is 45.2 Å². The van der Waals surface area contributed by atoms with E-state index in [1.807, 2.05) is 18.2 Å². The van der Waals surface area contributed by atoms with E-state index >= 15 is 0 Å². The molecule has 8 heteroatoms. The zero-order valence-electron chi connectivity index (χ0n) is 19.4. The molecular formula is C26H27N3O3S2. The maximum Gasteiger partial charge on any atom is 0.337 e. The number of nitrogens with zero attached hydrogens (tertiary/aromatic N) is 2. The van der Waals surface area contributed by atoms with Crippen LogP contribution in [0.15, 0.2) is 59.0 Å². The molecule has 1 aromatic heterocycles. The smallest absolute Gasteiger partial charge is 0.337 e. The van der Waals surface area contributed by atoms with E-state index in [2.05, 4.69) is 30.1 Å². The lowest BCUT2D eigenvalue weighted by Crippen LogP contribution is -2.37. The number of benzene rings is 2. The van der Waals surface area contributed by atoms with Crippen molar-refractivity contribution in [2.75, 3.05) is 20.2 Å². The molecule has 0 spiro atoms. The molecule has 2 aliphatic heterocycles. The molecule has 5 rings (SSSR count). The quantitative estimate of drug-likeness (QED) is 0.502. The molecule has 2 aromatic carbocycles. The molecule has 176 valence electrons. The van der Waals surface area contributed by atoms with Crippen molar-refractivity contribution in [1.29, 1.82) is 0 Å². The molecule has 6 nitrogen and oxygen atoms in total. The highest BCUT2D eigenvalue weighted by Crippen LogP contribution is 2.51. The number of hydrogen-bond acceptors (Lipinski definition) is 7. The number of fused-ring (bicyclic) bond motifs is 1. The van der Waals surface area contributed by atoms with Gasteiger partial charge in [-0.15, -0.1) is 23.1 Å². The van der Waals surface area contributed by atoms with Crippen LogP contribution in [0, 0.1) is 0 Å². The number of esters is 1. The number of hydrogen-bond donors (Lipinski definition) is 1. The van der Waals surface area contributed by atoms with Crippen LogP contribution in [0.4, 0.5) is 0 Å². The zero-order valence-corrected chi connectivity index (χ0v) is 21.0. The second-order valence-corrected chi connectivity index (χ2v) is 11.1. The van der Waals surface area contributed by atoms with Crippen LogP contribution in [0.25, 0.3) is 10.2 Å². The third-order valence-corrected chi connectivity index (χ3v) is 8.91. The predicted molar refractivity (Wildman–Crippen MR) is 137 cm³/mol. The van der Waals surface area contributed by atoms with E-state index in [4.69, 9.17) is 9.72 Å². The number of para-hydroxylation sites is 1. The summed E-state index contributed by atoms with van der Waals surface area (Å²) in [5.74, 6) is -0.508. The number of aromatic nitrogens is 1. The average Bonchev–Trinajstić information content (AvgIpc) is 3.43. The van der Waals surface area contributed by atoms with Crippen LogP contribution < -0.4 is 5.32 Å². The summed E-state index contributed by atoms with van der Waals surface area (Å²) in [5.41, 5.74) is 3.36. The number of rotatable bonds is 5. The van der Waals surface area contributed by atoms with Crippen LogP contribution in [-0.4, -0.2) is 53.4 Å². The van der Waals surface area contributed by atoms with Crippen molar-refractivity contribution in [2.45, 2.75) is 37.6 Å². The summed E-state index contributed by atoms with van der Waals surface area (Å²) < 4.78 is 5.92. The molecule has 0 aliphatic carbocycles. The van der Waals surface area contributed by atoms with E-state index in [0.717, 1.165) is 30.0 Å². The SMILES string of the molecule is COC(=O)c1ccc(C(=O)NC2SC3=C(CCN(C(C)C)C3)C2c2nc3ccccc3s2)cc1. The molecule has 3 heterocycles. The number of carbonyl (C=O) groups excluding carboxylic acids is 2. The van der Waals surface area contributed by atoms with Crippen LogP contribution in [0.5, 0.6) is 0 Å². The third-order valence-electron chi connectivity index (χ3n) is 6.47. The van der Waals surface area contributed by atoms with Gasteiger partial charge >= 0.3 is 5.97 Å². The number of thiazole rings is 1. The first-order valence-electron chi connectivity index (χ1n) is 11.4. The Kier molecular flexibility index (Phi) is 6.46. The summed E-state index contributed by atoms with van der Waals surface area (Å²) in [6.07, 6.45) is 0.987. The van der Waals surface area contributed by atoms with Gasteiger partial charge in [-0.2, -0.15) is 0 Å². The molecule has 2 unspecified atom stereocenters. The highest BCUT2D eigenvalue weighted by molar-refractivity contribution is 8.04. The van der Waals surface area contributed by atoms with Gasteiger partial charge in [0.25, 0.3) is 5.91 Å². The van der Waals surface area contributed by atoms with Crippen LogP contribution in [0.1, 0.15) is 51.9 Å². The molecule has 0 fully saturated rings. The van der Waals surface area contributed by atoms with E-state index in [1.165, 1.54) is 22.3 Å². The van der Waals surface area contributed by atoms with E-state index in [0.29, 0.717) is 17.2 Å². The lowest BCUT2D eigenvalue weighted by atomic mass is 9.93. The third kappa shape index (κ3) is 4.37. The first-order chi connectivity index (χ1) is 16.4. The minimum Gasteiger partial charge on any atom is -0.465 e. The fourth-order valence-corrected chi connectivity index (χ4v) is 7.31. The Morgan fingerprint density at radius 2 is 1.85 bits per heavy atom. The first-order valence-corrected chi connectivity index (χ1v) is 13.1. The van der Waals surface area contributed by atoms with E-state index in [-0.39, 0.29) is 17.2 Å². The zero-order chi connectivity index (χ0) is 23.8. The number of nitrogens with one attached hydrogen (secondary N) is 1. The summed E-state index contributed by atoms with van der Waals surface area (Å²) in [7, 11) is 1.34. The van der Waals surface area contributed by atoms with Gasteiger partial charge in [-0.1, -0.05) is 12.1 Å². The monoisotopic (exact) mass is 493 g/mol. The average molecular weight is 494 g/mol. The Morgan fingerprint density at radius 1 is 1.12 bits per heavy atom. The van der Waals surface area contributed by atoms with Crippen molar-refractivity contribution in [1.82, 2.24) is 15.2 Å². The Bertz CT molecular complexity index is 1230. The summed E-state index contributed by atoms with van der Waals surface area (Å²) >= 11 is 3.48. The summed E-state index contributed by atoms with van der Waals surface area (Å²) in [5, 5.41) is 4.20. The summed E-state index contributed by atoms with van der Waals surface area (Å²) in [4.78, 5) is 33.7. The maximum absolute atomic E-state index is 13.2. The highest BCUT2D eigenvalue weighted by atomic mass is 32.2. The number of methoxy groups -OCH3 is 1. The Hall–Kier alpha value is -2.68. The number of carbonyl (C=O) groups is 2. The Balaban J connectivity index is 1.43. The van der Waals surface area contributed by atoms with E-state index in [1.54, 1.807) is 47.4 Å². The number of thioether (sulfide) groups is 1. The standard InChI is InChI=1S/C26H27N3O3S2/c1-15(2)29-13-12-18-21(14-29)34-25(22(18)24-27-19-6-4-5-7-20(19)33-24)28-23(30)16-8-10-17(11-9-16)26(31)32-3/h4-11,15,22,25H,12-14H2,1-3H3,(H,28,30). The number of amides is 1. The summed E-state index contributed by atoms with van der Waals surface area (Å²) in [6.45, 7) is 6.40. The van der Waals surface area contributed by atoms with Crippen LogP contribution in [0.3, 0.4) is 0 Å². The van der Waals surface area contributed by atoms with Crippen molar-refractivity contribution < 1.29 is 14.3 Å². The van der Waals surface area contributed by atoms with E-state index < -0.39 is 5.97 Å². The maximum atomic E-state index is 13.2. The predicted octanol–water partition coefficient (Wildman–Crippen LogP) is 5.04. The van der Waals surface area contributed by atoms with Crippen molar-refractivity contribution in [2.24, 2.45) is 0 Å². The molecule has 2 atom stereocenters. The molecule has 0 saturated carbocycles. The van der Waals surface area contributed by atoms with E-state index in [9.17, 15) is 9.59 Å². The highest BCUT2D eigenvalue weighted by Gasteiger charge is 2.41. The van der Waals surface area contributed by atoms with Gasteiger partial charge in [-0.25, -0.2) is 9.78 Å². The lowest BCUT2D eigenvalue weighted by Gasteiger charge is -2.31. The molecule has 2 aliphatic rings. The second kappa shape index (κ2) is 9.52. The van der Waals surface area contributed by atoms with Gasteiger partial charge < -0.3 is 10.1 Å². The second-order valence-electron chi connectivity index (χ2n) is 8.84. The van der Waals surface area contributed by atoms with Gasteiger partial charge in [0.15, 0.2) is 0 Å². The Labute approximate surface area is 207 Å². The van der Waals surface area contributed by atoms with Crippen LogP contribution in [0.2, 0.25) is 0 Å². The fourth-order valence-electron chi connectivity index (χ4n) is 4.56. The normalized spacial score (nSPS) is 20.6. The molecule has 0 bridgehead atoms. The minimum atomic E-state index is -0.416. The van der Waals surface area contributed by atoms with Gasteiger partial charge in [-0.3, -0.25) is 9.69 Å². The van der Waals surface area contributed by atoms with Gasteiger partial charge in [0, 0.05) is 29.6 Å². The molecule has 1 N–H and O–H groups in total. The lowest BCUT2D eigenvalue weighted by molar-refractivity contribution is 0.0600. The van der Waals surface area contributed by atoms with Gasteiger partial charge in [-0.05, 0) is 62.2 Å². The van der Waals surface area contributed by atoms with Crippen LogP contribution >= 0.6 is 23.1 Å². The molecule has 0 radical (unpaired) electrons. The van der Waals surface area contributed by atoms with Crippen molar-refractivity contribution in [3.05, 3.63) is 75.1 Å². The van der Waals surface area contributed by atoms with Crippen molar-refractivity contribution in [3.8, 4) is 0 Å². The number of ether oxygens (including phenoxy) is 1. The van der Waals surface area contributed by atoms with Crippen molar-refractivity contribution in [3.63, 3.8) is 0 Å².